The quantitative estimate of drug-likeness (QED) is 0.917. The van der Waals surface area contributed by atoms with E-state index in [1.165, 1.54) is 5.56 Å². The molecule has 1 aromatic heterocycles. The molecule has 3 heterocycles. The Morgan fingerprint density at radius 1 is 1.38 bits per heavy atom. The topological polar surface area (TPSA) is 27.7 Å². The highest BCUT2D eigenvalue weighted by atomic mass is 32.1. The molecule has 0 aromatic carbocycles. The number of rotatable bonds is 4. The molecule has 0 bridgehead atoms. The second kappa shape index (κ2) is 7.20. The van der Waals surface area contributed by atoms with Gasteiger partial charge in [0.15, 0.2) is 0 Å². The summed E-state index contributed by atoms with van der Waals surface area (Å²) in [5, 5.41) is 5.75. The van der Waals surface area contributed by atoms with Crippen LogP contribution in [0.25, 0.3) is 0 Å². The summed E-state index contributed by atoms with van der Waals surface area (Å²) in [6.45, 7) is 13.0. The second-order valence-electron chi connectivity index (χ2n) is 6.19. The van der Waals surface area contributed by atoms with Crippen molar-refractivity contribution in [2.24, 2.45) is 0 Å². The van der Waals surface area contributed by atoms with Crippen molar-refractivity contribution >= 4 is 11.3 Å². The van der Waals surface area contributed by atoms with Crippen LogP contribution >= 0.6 is 11.3 Å². The summed E-state index contributed by atoms with van der Waals surface area (Å²) in [6, 6.07) is 3.39. The van der Waals surface area contributed by atoms with Crippen molar-refractivity contribution in [3.8, 4) is 0 Å². The van der Waals surface area contributed by atoms with Gasteiger partial charge in [-0.25, -0.2) is 0 Å². The summed E-state index contributed by atoms with van der Waals surface area (Å²) in [5.74, 6) is 0. The molecule has 1 N–H and O–H groups in total. The molecular formula is C16H27N3OS. The third-order valence-electron chi connectivity index (χ3n) is 4.69. The fourth-order valence-electron chi connectivity index (χ4n) is 3.41. The zero-order chi connectivity index (χ0) is 14.7. The highest BCUT2D eigenvalue weighted by Crippen LogP contribution is 2.31. The minimum absolute atomic E-state index is 0.528. The highest BCUT2D eigenvalue weighted by molar-refractivity contribution is 7.10. The smallest absolute Gasteiger partial charge is 0.0594 e. The van der Waals surface area contributed by atoms with Gasteiger partial charge in [0.25, 0.3) is 0 Å². The number of morpholine rings is 1. The molecule has 2 atom stereocenters. The van der Waals surface area contributed by atoms with Crippen molar-refractivity contribution < 1.29 is 4.74 Å². The van der Waals surface area contributed by atoms with Crippen molar-refractivity contribution in [2.75, 3.05) is 52.5 Å². The molecule has 0 spiro atoms. The van der Waals surface area contributed by atoms with E-state index in [-0.39, 0.29) is 0 Å². The van der Waals surface area contributed by atoms with Crippen LogP contribution in [0.5, 0.6) is 0 Å². The number of aryl methyl sites for hydroxylation is 1. The zero-order valence-corrected chi connectivity index (χ0v) is 14.0. The fourth-order valence-corrected chi connectivity index (χ4v) is 4.45. The predicted molar refractivity (Wildman–Crippen MR) is 88.1 cm³/mol. The molecule has 4 nitrogen and oxygen atoms in total. The van der Waals surface area contributed by atoms with Gasteiger partial charge in [-0.3, -0.25) is 9.80 Å². The van der Waals surface area contributed by atoms with Gasteiger partial charge in [0.2, 0.25) is 0 Å². The van der Waals surface area contributed by atoms with Crippen molar-refractivity contribution in [3.63, 3.8) is 0 Å². The third-order valence-corrected chi connectivity index (χ3v) is 5.81. The Kier molecular flexibility index (Phi) is 5.29. The predicted octanol–water partition coefficient (Wildman–Crippen LogP) is 1.72. The van der Waals surface area contributed by atoms with E-state index in [1.54, 1.807) is 4.88 Å². The van der Waals surface area contributed by atoms with Crippen LogP contribution in [0.2, 0.25) is 0 Å². The largest absolute Gasteiger partial charge is 0.379 e. The van der Waals surface area contributed by atoms with Gasteiger partial charge >= 0.3 is 0 Å². The lowest BCUT2D eigenvalue weighted by Gasteiger charge is -2.42. The van der Waals surface area contributed by atoms with Crippen LogP contribution in [0.1, 0.15) is 23.4 Å². The van der Waals surface area contributed by atoms with Crippen LogP contribution in [0.3, 0.4) is 0 Å². The summed E-state index contributed by atoms with van der Waals surface area (Å²) in [4.78, 5) is 6.82. The monoisotopic (exact) mass is 309 g/mol. The number of hydrogen-bond acceptors (Lipinski definition) is 5. The van der Waals surface area contributed by atoms with E-state index in [2.05, 4.69) is 40.4 Å². The number of ether oxygens (including phenoxy) is 1. The van der Waals surface area contributed by atoms with Crippen LogP contribution < -0.4 is 5.32 Å². The molecule has 0 saturated carbocycles. The average molecular weight is 309 g/mol. The SMILES string of the molecule is Cc1ccsc1C(CN1CCOCC1)N1CCNCC1C. The summed E-state index contributed by atoms with van der Waals surface area (Å²) in [7, 11) is 0. The van der Waals surface area contributed by atoms with Crippen LogP contribution in [-0.2, 0) is 4.74 Å². The molecule has 0 radical (unpaired) electrons. The van der Waals surface area contributed by atoms with E-state index >= 15 is 0 Å². The molecule has 118 valence electrons. The Bertz CT molecular complexity index is 444. The van der Waals surface area contributed by atoms with E-state index < -0.39 is 0 Å². The molecule has 2 fully saturated rings. The Morgan fingerprint density at radius 2 is 2.19 bits per heavy atom. The van der Waals surface area contributed by atoms with Crippen molar-refractivity contribution in [1.82, 2.24) is 15.1 Å². The first-order valence-corrected chi connectivity index (χ1v) is 8.94. The summed E-state index contributed by atoms with van der Waals surface area (Å²) in [6.07, 6.45) is 0. The highest BCUT2D eigenvalue weighted by Gasteiger charge is 2.30. The molecule has 0 aliphatic carbocycles. The van der Waals surface area contributed by atoms with Crippen molar-refractivity contribution in [2.45, 2.75) is 25.9 Å². The van der Waals surface area contributed by atoms with E-state index in [9.17, 15) is 0 Å². The molecular weight excluding hydrogens is 282 g/mol. The van der Waals surface area contributed by atoms with Gasteiger partial charge in [0, 0.05) is 50.2 Å². The van der Waals surface area contributed by atoms with E-state index in [0.29, 0.717) is 12.1 Å². The third kappa shape index (κ3) is 3.66. The first-order valence-electron chi connectivity index (χ1n) is 8.06. The summed E-state index contributed by atoms with van der Waals surface area (Å²) in [5.41, 5.74) is 1.45. The second-order valence-corrected chi connectivity index (χ2v) is 7.14. The number of piperazine rings is 1. The van der Waals surface area contributed by atoms with Gasteiger partial charge in [-0.1, -0.05) is 0 Å². The first-order chi connectivity index (χ1) is 10.3. The Labute approximate surface area is 132 Å². The lowest BCUT2D eigenvalue weighted by molar-refractivity contribution is 0.0143. The van der Waals surface area contributed by atoms with Gasteiger partial charge in [0.05, 0.1) is 19.3 Å². The Morgan fingerprint density at radius 3 is 2.86 bits per heavy atom. The maximum atomic E-state index is 5.50. The fraction of sp³-hybridized carbons (Fsp3) is 0.750. The maximum Gasteiger partial charge on any atom is 0.0594 e. The van der Waals surface area contributed by atoms with E-state index in [4.69, 9.17) is 4.74 Å². The van der Waals surface area contributed by atoms with Crippen molar-refractivity contribution in [3.05, 3.63) is 21.9 Å². The van der Waals surface area contributed by atoms with Gasteiger partial charge in [0.1, 0.15) is 0 Å². The minimum atomic E-state index is 0.528. The Balaban J connectivity index is 1.78. The maximum absolute atomic E-state index is 5.50. The van der Waals surface area contributed by atoms with E-state index in [0.717, 1.165) is 52.5 Å². The van der Waals surface area contributed by atoms with Gasteiger partial charge in [-0.15, -0.1) is 11.3 Å². The number of nitrogens with one attached hydrogen (secondary N) is 1. The van der Waals surface area contributed by atoms with E-state index in [1.807, 2.05) is 11.3 Å². The summed E-state index contributed by atoms with van der Waals surface area (Å²) >= 11 is 1.92. The average Bonchev–Trinajstić information content (AvgIpc) is 2.93. The summed E-state index contributed by atoms with van der Waals surface area (Å²) < 4.78 is 5.50. The molecule has 2 aliphatic heterocycles. The number of thiophene rings is 1. The number of nitrogens with zero attached hydrogens (tertiary/aromatic N) is 2. The molecule has 5 heteroatoms. The first kappa shape index (κ1) is 15.4. The molecule has 3 rings (SSSR count). The van der Waals surface area contributed by atoms with Crippen molar-refractivity contribution in [1.29, 1.82) is 0 Å². The molecule has 1 aromatic rings. The van der Waals surface area contributed by atoms with Crippen LogP contribution in [-0.4, -0.2) is 68.3 Å². The van der Waals surface area contributed by atoms with Gasteiger partial charge < -0.3 is 10.1 Å². The van der Waals surface area contributed by atoms with Gasteiger partial charge in [-0.2, -0.15) is 0 Å². The molecule has 2 saturated heterocycles. The molecule has 0 amide bonds. The molecule has 2 aliphatic rings. The molecule has 21 heavy (non-hydrogen) atoms. The normalized spacial score (nSPS) is 26.9. The lowest BCUT2D eigenvalue weighted by atomic mass is 10.1. The van der Waals surface area contributed by atoms with Crippen LogP contribution in [0, 0.1) is 6.92 Å². The Hall–Kier alpha value is -0.460. The van der Waals surface area contributed by atoms with Crippen LogP contribution in [0.4, 0.5) is 0 Å². The number of hydrogen-bond donors (Lipinski definition) is 1. The molecule has 2 unspecified atom stereocenters. The standard InChI is InChI=1S/C16H27N3OS/c1-13-3-10-21-16(13)15(12-18-6-8-20-9-7-18)19-5-4-17-11-14(19)2/h3,10,14-15,17H,4-9,11-12H2,1-2H3. The van der Waals surface area contributed by atoms with Gasteiger partial charge in [-0.05, 0) is 30.9 Å². The van der Waals surface area contributed by atoms with Crippen LogP contribution in [0.15, 0.2) is 11.4 Å². The minimum Gasteiger partial charge on any atom is -0.379 e. The zero-order valence-electron chi connectivity index (χ0n) is 13.2. The lowest BCUT2D eigenvalue weighted by Crippen LogP contribution is -2.53.